The minimum atomic E-state index is -0.513. The van der Waals surface area contributed by atoms with Crippen LogP contribution in [0.25, 0.3) is 0 Å². The zero-order valence-corrected chi connectivity index (χ0v) is 15.2. The number of aromatic nitrogens is 3. The van der Waals surface area contributed by atoms with Gasteiger partial charge in [0.2, 0.25) is 5.91 Å². The molecule has 3 rings (SSSR count). The maximum atomic E-state index is 12.8. The maximum Gasteiger partial charge on any atom is 0.290 e. The quantitative estimate of drug-likeness (QED) is 0.821. The van der Waals surface area contributed by atoms with Crippen LogP contribution < -0.4 is 0 Å². The van der Waals surface area contributed by atoms with E-state index in [4.69, 9.17) is 9.90 Å². The molecule has 1 saturated heterocycles. The number of piperidine rings is 1. The van der Waals surface area contributed by atoms with Crippen LogP contribution in [0.5, 0.6) is 0 Å². The van der Waals surface area contributed by atoms with Gasteiger partial charge in [0, 0.05) is 52.3 Å². The lowest BCUT2D eigenvalue weighted by atomic mass is 9.85. The zero-order valence-electron chi connectivity index (χ0n) is 15.2. The molecule has 3 heterocycles. The van der Waals surface area contributed by atoms with Crippen molar-refractivity contribution in [3.8, 4) is 0 Å². The summed E-state index contributed by atoms with van der Waals surface area (Å²) in [6.07, 6.45) is 8.79. The molecule has 2 aromatic heterocycles. The smallest absolute Gasteiger partial charge is 0.290 e. The molecule has 26 heavy (non-hydrogen) atoms. The Balaban J connectivity index is 0.000000758. The molecule has 8 heteroatoms. The second-order valence-electron chi connectivity index (χ2n) is 6.40. The monoisotopic (exact) mass is 359 g/mol. The topological polar surface area (TPSA) is 91.6 Å². The van der Waals surface area contributed by atoms with Gasteiger partial charge in [0.25, 0.3) is 6.47 Å². The number of likely N-dealkylation sites (tertiary alicyclic amines) is 1. The number of amides is 1. The molecule has 1 aliphatic rings. The average molecular weight is 359 g/mol. The molecule has 8 nitrogen and oxygen atoms in total. The van der Waals surface area contributed by atoms with Gasteiger partial charge in [-0.1, -0.05) is 6.07 Å². The summed E-state index contributed by atoms with van der Waals surface area (Å²) < 4.78 is 1.98. The number of hydrogen-bond donors (Lipinski definition) is 1. The van der Waals surface area contributed by atoms with Crippen molar-refractivity contribution >= 4 is 12.4 Å². The molecule has 2 aromatic rings. The Morgan fingerprint density at radius 3 is 2.50 bits per heavy atom. The highest BCUT2D eigenvalue weighted by Gasteiger charge is 2.43. The molecule has 1 amide bonds. The summed E-state index contributed by atoms with van der Waals surface area (Å²) in [6, 6.07) is 5.99. The van der Waals surface area contributed by atoms with Crippen molar-refractivity contribution in [2.45, 2.75) is 24.9 Å². The predicted octanol–water partition coefficient (Wildman–Crippen LogP) is 1.06. The first kappa shape index (κ1) is 19.6. The Kier molecular flexibility index (Phi) is 6.85. The van der Waals surface area contributed by atoms with E-state index in [0.29, 0.717) is 0 Å². The van der Waals surface area contributed by atoms with Gasteiger partial charge < -0.3 is 14.6 Å². The number of imidazole rings is 1. The largest absolute Gasteiger partial charge is 0.483 e. The van der Waals surface area contributed by atoms with Gasteiger partial charge in [-0.2, -0.15) is 0 Å². The summed E-state index contributed by atoms with van der Waals surface area (Å²) in [7, 11) is 3.64. The van der Waals surface area contributed by atoms with Gasteiger partial charge in [0.1, 0.15) is 5.54 Å². The average Bonchev–Trinajstić information content (AvgIpc) is 3.19. The van der Waals surface area contributed by atoms with E-state index in [0.717, 1.165) is 38.2 Å². The van der Waals surface area contributed by atoms with E-state index in [9.17, 15) is 4.79 Å². The molecule has 0 bridgehead atoms. The van der Waals surface area contributed by atoms with Crippen molar-refractivity contribution in [2.75, 3.05) is 27.2 Å². The van der Waals surface area contributed by atoms with Crippen LogP contribution in [0.4, 0.5) is 0 Å². The Labute approximate surface area is 153 Å². The van der Waals surface area contributed by atoms with Crippen LogP contribution in [0.1, 0.15) is 18.5 Å². The lowest BCUT2D eigenvalue weighted by Gasteiger charge is -2.42. The molecular weight excluding hydrogens is 334 g/mol. The van der Waals surface area contributed by atoms with Crippen LogP contribution in [0, 0.1) is 0 Å². The third-order valence-corrected chi connectivity index (χ3v) is 4.60. The first-order valence-electron chi connectivity index (χ1n) is 8.44. The number of carbonyl (C=O) groups excluding carboxylic acids is 1. The van der Waals surface area contributed by atoms with E-state index >= 15 is 0 Å². The highest BCUT2D eigenvalue weighted by atomic mass is 16.3. The highest BCUT2D eigenvalue weighted by molar-refractivity contribution is 5.84. The summed E-state index contributed by atoms with van der Waals surface area (Å²) in [6.45, 7) is 2.32. The second-order valence-corrected chi connectivity index (χ2v) is 6.40. The van der Waals surface area contributed by atoms with E-state index in [-0.39, 0.29) is 12.4 Å². The number of nitrogens with zero attached hydrogens (tertiary/aromatic N) is 5. The van der Waals surface area contributed by atoms with E-state index in [1.54, 1.807) is 17.4 Å². The molecule has 0 saturated carbocycles. The zero-order chi connectivity index (χ0) is 19.0. The van der Waals surface area contributed by atoms with Crippen molar-refractivity contribution in [3.63, 3.8) is 0 Å². The van der Waals surface area contributed by atoms with Crippen molar-refractivity contribution in [3.05, 3.63) is 48.8 Å². The molecule has 140 valence electrons. The summed E-state index contributed by atoms with van der Waals surface area (Å²) in [5.74, 6) is 0.146. The Hall–Kier alpha value is -2.74. The van der Waals surface area contributed by atoms with Crippen molar-refractivity contribution in [1.82, 2.24) is 24.3 Å². The second kappa shape index (κ2) is 9.10. The molecule has 0 aliphatic carbocycles. The summed E-state index contributed by atoms with van der Waals surface area (Å²) in [4.78, 5) is 33.8. The third kappa shape index (κ3) is 4.45. The molecular formula is C18H25N5O3. The van der Waals surface area contributed by atoms with Crippen LogP contribution in [-0.4, -0.2) is 69.0 Å². The number of rotatable bonds is 4. The number of carbonyl (C=O) groups is 2. The number of likely N-dealkylation sites (N-methyl/N-ethyl adjacent to an activating group) is 1. The Morgan fingerprint density at radius 2 is 2.00 bits per heavy atom. The van der Waals surface area contributed by atoms with Crippen LogP contribution in [-0.2, 0) is 21.7 Å². The number of pyridine rings is 1. The highest BCUT2D eigenvalue weighted by Crippen LogP contribution is 2.32. The van der Waals surface area contributed by atoms with E-state index in [1.165, 1.54) is 0 Å². The van der Waals surface area contributed by atoms with Crippen molar-refractivity contribution in [2.24, 2.45) is 0 Å². The van der Waals surface area contributed by atoms with Gasteiger partial charge in [0.15, 0.2) is 0 Å². The number of carboxylic acid groups (broad SMARTS) is 1. The fourth-order valence-corrected chi connectivity index (χ4v) is 3.31. The van der Waals surface area contributed by atoms with Gasteiger partial charge >= 0.3 is 0 Å². The molecule has 0 spiro atoms. The normalized spacial score (nSPS) is 16.2. The summed E-state index contributed by atoms with van der Waals surface area (Å²) in [5, 5.41) is 6.89. The third-order valence-electron chi connectivity index (χ3n) is 4.60. The van der Waals surface area contributed by atoms with Crippen LogP contribution in [0.3, 0.4) is 0 Å². The standard InChI is InChI=1S/C17H23N5O.CH2O2/c1-20(2)16(23)17(22-12-9-18-14-22)6-10-21(11-7-17)13-15-5-3-4-8-19-15;2-1-3/h3-5,8-9,12,14H,6-7,10-11,13H2,1-2H3;1H,(H,2,3). The molecule has 0 radical (unpaired) electrons. The van der Waals surface area contributed by atoms with Gasteiger partial charge in [-0.3, -0.25) is 19.5 Å². The minimum absolute atomic E-state index is 0.146. The number of hydrogen-bond acceptors (Lipinski definition) is 5. The first-order chi connectivity index (χ1) is 12.5. The summed E-state index contributed by atoms with van der Waals surface area (Å²) >= 11 is 0. The van der Waals surface area contributed by atoms with Crippen molar-refractivity contribution < 1.29 is 14.7 Å². The molecule has 0 unspecified atom stereocenters. The maximum absolute atomic E-state index is 12.8. The van der Waals surface area contributed by atoms with Gasteiger partial charge in [-0.05, 0) is 25.0 Å². The molecule has 1 fully saturated rings. The lowest BCUT2D eigenvalue weighted by molar-refractivity contribution is -0.141. The van der Waals surface area contributed by atoms with E-state index in [2.05, 4.69) is 14.9 Å². The van der Waals surface area contributed by atoms with Crippen LogP contribution in [0.2, 0.25) is 0 Å². The fourth-order valence-electron chi connectivity index (χ4n) is 3.31. The first-order valence-corrected chi connectivity index (χ1v) is 8.44. The van der Waals surface area contributed by atoms with Gasteiger partial charge in [0.05, 0.1) is 12.0 Å². The Morgan fingerprint density at radius 1 is 1.31 bits per heavy atom. The lowest BCUT2D eigenvalue weighted by Crippen LogP contribution is -2.54. The predicted molar refractivity (Wildman–Crippen MR) is 96.3 cm³/mol. The van der Waals surface area contributed by atoms with E-state index < -0.39 is 5.54 Å². The van der Waals surface area contributed by atoms with Crippen LogP contribution >= 0.6 is 0 Å². The fraction of sp³-hybridized carbons (Fsp3) is 0.444. The Bertz CT molecular complexity index is 680. The molecule has 1 aliphatic heterocycles. The van der Waals surface area contributed by atoms with E-state index in [1.807, 2.05) is 49.3 Å². The SMILES string of the molecule is CN(C)C(=O)C1(n2ccnc2)CCN(Cc2ccccn2)CC1.O=CO. The van der Waals surface area contributed by atoms with Gasteiger partial charge in [-0.15, -0.1) is 0 Å². The molecule has 0 atom stereocenters. The summed E-state index contributed by atoms with van der Waals surface area (Å²) in [5.41, 5.74) is 0.558. The van der Waals surface area contributed by atoms with Gasteiger partial charge in [-0.25, -0.2) is 4.98 Å². The van der Waals surface area contributed by atoms with Crippen molar-refractivity contribution in [1.29, 1.82) is 0 Å². The molecule has 0 aromatic carbocycles. The minimum Gasteiger partial charge on any atom is -0.483 e. The van der Waals surface area contributed by atoms with Crippen LogP contribution in [0.15, 0.2) is 43.1 Å². The molecule has 1 N–H and O–H groups in total.